The number of halogens is 1. The maximum atomic E-state index is 13.6. The van der Waals surface area contributed by atoms with E-state index in [0.717, 1.165) is 13.0 Å². The Morgan fingerprint density at radius 3 is 2.86 bits per heavy atom. The molecule has 0 amide bonds. The van der Waals surface area contributed by atoms with Crippen molar-refractivity contribution in [3.8, 4) is 0 Å². The Labute approximate surface area is 83.2 Å². The molecular weight excluding hydrogens is 183 g/mol. The van der Waals surface area contributed by atoms with Gasteiger partial charge in [-0.3, -0.25) is 0 Å². The number of aliphatic hydroxyl groups excluding tert-OH is 1. The number of aliphatic hydroxyl groups is 1. The van der Waals surface area contributed by atoms with Gasteiger partial charge in [0.1, 0.15) is 0 Å². The normalized spacial score (nSPS) is 10.3. The van der Waals surface area contributed by atoms with Crippen LogP contribution in [0.25, 0.3) is 0 Å². The minimum atomic E-state index is -0.425. The van der Waals surface area contributed by atoms with Crippen LogP contribution in [0.15, 0.2) is 12.3 Å². The first-order valence-electron chi connectivity index (χ1n) is 4.66. The van der Waals surface area contributed by atoms with Gasteiger partial charge in [0.25, 0.3) is 0 Å². The number of aromatic nitrogens is 1. The molecule has 0 spiro atoms. The third-order valence-corrected chi connectivity index (χ3v) is 2.04. The Hall–Kier alpha value is -1.16. The van der Waals surface area contributed by atoms with Crippen LogP contribution in [0.3, 0.4) is 0 Å². The lowest BCUT2D eigenvalue weighted by Gasteiger charge is -2.18. The van der Waals surface area contributed by atoms with Crippen LogP contribution in [0.1, 0.15) is 18.9 Å². The standard InChI is InChI=1S/C10H15FN2O/c1-3-6-13(2)10-9(11)8(7-14)4-5-12-10/h4-5,14H,3,6-7H2,1-2H3. The van der Waals surface area contributed by atoms with Gasteiger partial charge < -0.3 is 10.0 Å². The maximum Gasteiger partial charge on any atom is 0.171 e. The molecule has 0 unspecified atom stereocenters. The van der Waals surface area contributed by atoms with Crippen LogP contribution in [0.4, 0.5) is 10.2 Å². The number of nitrogens with zero attached hydrogens (tertiary/aromatic N) is 2. The Balaban J connectivity index is 2.96. The summed E-state index contributed by atoms with van der Waals surface area (Å²) in [4.78, 5) is 5.69. The Kier molecular flexibility index (Phi) is 3.83. The first kappa shape index (κ1) is 10.9. The number of anilines is 1. The van der Waals surface area contributed by atoms with Crippen molar-refractivity contribution in [2.24, 2.45) is 0 Å². The average Bonchev–Trinajstić information content (AvgIpc) is 2.18. The van der Waals surface area contributed by atoms with Crippen molar-refractivity contribution in [1.82, 2.24) is 4.98 Å². The van der Waals surface area contributed by atoms with E-state index in [-0.39, 0.29) is 12.2 Å². The van der Waals surface area contributed by atoms with Crippen molar-refractivity contribution in [2.75, 3.05) is 18.5 Å². The van der Waals surface area contributed by atoms with Gasteiger partial charge in [-0.2, -0.15) is 0 Å². The highest BCUT2D eigenvalue weighted by Gasteiger charge is 2.11. The molecule has 0 aliphatic heterocycles. The van der Waals surface area contributed by atoms with Gasteiger partial charge in [-0.05, 0) is 12.5 Å². The molecule has 0 saturated carbocycles. The third-order valence-electron chi connectivity index (χ3n) is 2.04. The van der Waals surface area contributed by atoms with Crippen LogP contribution in [-0.4, -0.2) is 23.7 Å². The molecule has 78 valence electrons. The lowest BCUT2D eigenvalue weighted by atomic mass is 10.2. The molecule has 0 aromatic carbocycles. The quantitative estimate of drug-likeness (QED) is 0.797. The molecule has 0 fully saturated rings. The largest absolute Gasteiger partial charge is 0.392 e. The van der Waals surface area contributed by atoms with E-state index in [0.29, 0.717) is 5.82 Å². The molecule has 0 saturated heterocycles. The first-order valence-corrected chi connectivity index (χ1v) is 4.66. The van der Waals surface area contributed by atoms with E-state index in [1.54, 1.807) is 11.9 Å². The summed E-state index contributed by atoms with van der Waals surface area (Å²) in [7, 11) is 1.79. The highest BCUT2D eigenvalue weighted by molar-refractivity contribution is 5.41. The van der Waals surface area contributed by atoms with E-state index in [1.165, 1.54) is 12.3 Å². The van der Waals surface area contributed by atoms with Gasteiger partial charge in [-0.15, -0.1) is 0 Å². The summed E-state index contributed by atoms with van der Waals surface area (Å²) < 4.78 is 13.6. The van der Waals surface area contributed by atoms with Gasteiger partial charge in [0.15, 0.2) is 11.6 Å². The maximum absolute atomic E-state index is 13.6. The molecule has 1 N–H and O–H groups in total. The van der Waals surface area contributed by atoms with Crippen LogP contribution >= 0.6 is 0 Å². The summed E-state index contributed by atoms with van der Waals surface area (Å²) in [5.74, 6) is -0.121. The molecule has 0 bridgehead atoms. The van der Waals surface area contributed by atoms with Crippen molar-refractivity contribution in [2.45, 2.75) is 20.0 Å². The zero-order valence-electron chi connectivity index (χ0n) is 8.50. The summed E-state index contributed by atoms with van der Waals surface area (Å²) in [6.07, 6.45) is 2.44. The van der Waals surface area contributed by atoms with E-state index in [9.17, 15) is 4.39 Å². The molecule has 3 nitrogen and oxygen atoms in total. The monoisotopic (exact) mass is 198 g/mol. The topological polar surface area (TPSA) is 36.4 Å². The Morgan fingerprint density at radius 1 is 1.57 bits per heavy atom. The molecule has 4 heteroatoms. The predicted molar refractivity (Wildman–Crippen MR) is 53.7 cm³/mol. The number of hydrogen-bond acceptors (Lipinski definition) is 3. The minimum Gasteiger partial charge on any atom is -0.392 e. The fourth-order valence-corrected chi connectivity index (χ4v) is 1.30. The van der Waals surface area contributed by atoms with Crippen LogP contribution in [0.5, 0.6) is 0 Å². The molecule has 1 aromatic rings. The lowest BCUT2D eigenvalue weighted by Crippen LogP contribution is -2.21. The van der Waals surface area contributed by atoms with Crippen molar-refractivity contribution >= 4 is 5.82 Å². The molecule has 1 heterocycles. The number of rotatable bonds is 4. The summed E-state index contributed by atoms with van der Waals surface area (Å²) in [5.41, 5.74) is 0.290. The second-order valence-corrected chi connectivity index (χ2v) is 3.19. The summed E-state index contributed by atoms with van der Waals surface area (Å²) in [6, 6.07) is 1.48. The van der Waals surface area contributed by atoms with Crippen molar-refractivity contribution in [3.63, 3.8) is 0 Å². The van der Waals surface area contributed by atoms with Crippen molar-refractivity contribution in [1.29, 1.82) is 0 Å². The van der Waals surface area contributed by atoms with E-state index in [2.05, 4.69) is 4.98 Å². The van der Waals surface area contributed by atoms with Gasteiger partial charge >= 0.3 is 0 Å². The van der Waals surface area contributed by atoms with Crippen LogP contribution in [-0.2, 0) is 6.61 Å². The van der Waals surface area contributed by atoms with E-state index in [1.807, 2.05) is 6.92 Å². The fraction of sp³-hybridized carbons (Fsp3) is 0.500. The van der Waals surface area contributed by atoms with Gasteiger partial charge in [0.05, 0.1) is 6.61 Å². The lowest BCUT2D eigenvalue weighted by molar-refractivity contribution is 0.275. The fourth-order valence-electron chi connectivity index (χ4n) is 1.30. The zero-order valence-corrected chi connectivity index (χ0v) is 8.50. The number of pyridine rings is 1. The zero-order chi connectivity index (χ0) is 10.6. The SMILES string of the molecule is CCCN(C)c1nccc(CO)c1F. The molecular formula is C10H15FN2O. The number of hydrogen-bond donors (Lipinski definition) is 1. The van der Waals surface area contributed by atoms with E-state index >= 15 is 0 Å². The van der Waals surface area contributed by atoms with Gasteiger partial charge in [0, 0.05) is 25.4 Å². The molecule has 0 radical (unpaired) electrons. The summed E-state index contributed by atoms with van der Waals surface area (Å²) in [5, 5.41) is 8.87. The van der Waals surface area contributed by atoms with Crippen LogP contribution in [0.2, 0.25) is 0 Å². The van der Waals surface area contributed by atoms with Gasteiger partial charge in [0.2, 0.25) is 0 Å². The molecule has 0 aliphatic carbocycles. The van der Waals surface area contributed by atoms with Crippen LogP contribution < -0.4 is 4.90 Å². The molecule has 1 aromatic heterocycles. The summed E-state index contributed by atoms with van der Waals surface area (Å²) in [6.45, 7) is 2.48. The second-order valence-electron chi connectivity index (χ2n) is 3.19. The van der Waals surface area contributed by atoms with Gasteiger partial charge in [-0.1, -0.05) is 6.92 Å². The highest BCUT2D eigenvalue weighted by atomic mass is 19.1. The minimum absolute atomic E-state index is 0.290. The average molecular weight is 198 g/mol. The van der Waals surface area contributed by atoms with E-state index in [4.69, 9.17) is 5.11 Å². The molecule has 14 heavy (non-hydrogen) atoms. The van der Waals surface area contributed by atoms with Crippen molar-refractivity contribution in [3.05, 3.63) is 23.6 Å². The molecule has 1 rings (SSSR count). The smallest absolute Gasteiger partial charge is 0.171 e. The van der Waals surface area contributed by atoms with Crippen molar-refractivity contribution < 1.29 is 9.50 Å². The summed E-state index contributed by atoms with van der Waals surface area (Å²) >= 11 is 0. The van der Waals surface area contributed by atoms with Crippen LogP contribution in [0, 0.1) is 5.82 Å². The third kappa shape index (κ3) is 2.20. The second kappa shape index (κ2) is 4.91. The highest BCUT2D eigenvalue weighted by Crippen LogP contribution is 2.18. The van der Waals surface area contributed by atoms with E-state index < -0.39 is 5.82 Å². The first-order chi connectivity index (χ1) is 6.70. The Morgan fingerprint density at radius 2 is 2.29 bits per heavy atom. The molecule has 0 atom stereocenters. The molecule has 0 aliphatic rings. The Bertz CT molecular complexity index is 304. The predicted octanol–water partition coefficient (Wildman–Crippen LogP) is 1.56. The van der Waals surface area contributed by atoms with Gasteiger partial charge in [-0.25, -0.2) is 9.37 Å².